The molecule has 6 fully saturated rings. The summed E-state index contributed by atoms with van der Waals surface area (Å²) >= 11 is 0. The Balaban J connectivity index is 1.18. The van der Waals surface area contributed by atoms with E-state index in [1.165, 1.54) is 0 Å². The molecular weight excluding hydrogens is 342 g/mol. The van der Waals surface area contributed by atoms with Gasteiger partial charge in [0.05, 0.1) is 24.1 Å². The number of rotatable bonds is 7. The van der Waals surface area contributed by atoms with Gasteiger partial charge in [-0.25, -0.2) is 0 Å². The van der Waals surface area contributed by atoms with Crippen LogP contribution in [0.25, 0.3) is 0 Å². The van der Waals surface area contributed by atoms with E-state index in [0.29, 0.717) is 47.4 Å². The summed E-state index contributed by atoms with van der Waals surface area (Å²) in [6.45, 7) is 2.54. The molecule has 27 heavy (non-hydrogen) atoms. The van der Waals surface area contributed by atoms with E-state index < -0.39 is 5.41 Å². The van der Waals surface area contributed by atoms with Crippen molar-refractivity contribution in [2.45, 2.75) is 19.8 Å². The van der Waals surface area contributed by atoms with Gasteiger partial charge in [-0.2, -0.15) is 0 Å². The highest BCUT2D eigenvalue weighted by atomic mass is 16.5. The summed E-state index contributed by atoms with van der Waals surface area (Å²) in [5, 5.41) is 2.89. The van der Waals surface area contributed by atoms with E-state index in [2.05, 4.69) is 5.32 Å². The molecule has 0 heterocycles. The van der Waals surface area contributed by atoms with Crippen molar-refractivity contribution in [3.8, 4) is 5.75 Å². The fourth-order valence-electron chi connectivity index (χ4n) is 7.86. The van der Waals surface area contributed by atoms with E-state index in [1.807, 2.05) is 13.0 Å². The first kappa shape index (κ1) is 15.8. The molecule has 0 aromatic heterocycles. The number of hydrogen-bond donors (Lipinski definition) is 1. The third-order valence-electron chi connectivity index (χ3n) is 8.31. The molecule has 140 valence electrons. The standard InChI is InChI=1S/C22H23NO4/c1-2-7-27-14-6-4-3-5-10(14)13(24)9-23-21(26)22-17-12-8-11-15(17)19(22)20(25)16(11)18(12)22/h3-6,11-12,15-19H,2,7-9H2,1H3,(H,23,26). The smallest absolute Gasteiger partial charge is 0.227 e. The van der Waals surface area contributed by atoms with E-state index in [-0.39, 0.29) is 36.0 Å². The van der Waals surface area contributed by atoms with Crippen LogP contribution in [0.5, 0.6) is 5.75 Å². The molecule has 4 bridgehead atoms. The molecule has 8 unspecified atom stereocenters. The molecule has 0 saturated heterocycles. The van der Waals surface area contributed by atoms with Crippen molar-refractivity contribution in [3.05, 3.63) is 29.8 Å². The molecule has 1 aromatic rings. The van der Waals surface area contributed by atoms with E-state index in [1.54, 1.807) is 18.2 Å². The summed E-state index contributed by atoms with van der Waals surface area (Å²) in [4.78, 5) is 38.4. The predicted octanol–water partition coefficient (Wildman–Crippen LogP) is 2.10. The summed E-state index contributed by atoms with van der Waals surface area (Å²) in [5.41, 5.74) is 0.0504. The minimum atomic E-state index is -0.456. The number of amides is 1. The van der Waals surface area contributed by atoms with Crippen LogP contribution in [0.15, 0.2) is 24.3 Å². The summed E-state index contributed by atoms with van der Waals surface area (Å²) in [6, 6.07) is 7.18. The Labute approximate surface area is 157 Å². The second kappa shape index (κ2) is 5.00. The van der Waals surface area contributed by atoms with Gasteiger partial charge in [0.15, 0.2) is 5.78 Å². The topological polar surface area (TPSA) is 72.5 Å². The fourth-order valence-corrected chi connectivity index (χ4v) is 7.86. The number of benzene rings is 1. The molecule has 6 aliphatic carbocycles. The molecule has 0 spiro atoms. The number of ketones is 2. The number of Topliss-reactive ketones (excluding diaryl/α,β-unsaturated/α-hetero) is 2. The highest BCUT2D eigenvalue weighted by molar-refractivity contribution is 6.06. The number of carbonyl (C=O) groups is 3. The summed E-state index contributed by atoms with van der Waals surface area (Å²) in [7, 11) is 0. The van der Waals surface area contributed by atoms with Gasteiger partial charge in [0, 0.05) is 11.8 Å². The largest absolute Gasteiger partial charge is 0.493 e. The third kappa shape index (κ3) is 1.54. The average molecular weight is 365 g/mol. The van der Waals surface area contributed by atoms with Gasteiger partial charge in [0.1, 0.15) is 11.5 Å². The Morgan fingerprint density at radius 2 is 2.04 bits per heavy atom. The van der Waals surface area contributed by atoms with Crippen molar-refractivity contribution in [2.24, 2.45) is 46.8 Å². The molecule has 7 rings (SSSR count). The van der Waals surface area contributed by atoms with Crippen molar-refractivity contribution in [1.29, 1.82) is 0 Å². The molecule has 5 nitrogen and oxygen atoms in total. The van der Waals surface area contributed by atoms with E-state index >= 15 is 0 Å². The maximum absolute atomic E-state index is 13.1. The number of ether oxygens (including phenoxy) is 1. The van der Waals surface area contributed by atoms with Gasteiger partial charge in [0.25, 0.3) is 0 Å². The zero-order valence-electron chi connectivity index (χ0n) is 15.3. The van der Waals surface area contributed by atoms with Gasteiger partial charge >= 0.3 is 0 Å². The van der Waals surface area contributed by atoms with E-state index in [9.17, 15) is 14.4 Å². The maximum Gasteiger partial charge on any atom is 0.227 e. The van der Waals surface area contributed by atoms with Crippen LogP contribution in [0.1, 0.15) is 30.1 Å². The van der Waals surface area contributed by atoms with Crippen LogP contribution in [-0.4, -0.2) is 30.6 Å². The maximum atomic E-state index is 13.1. The Hall–Kier alpha value is -2.17. The molecule has 0 radical (unpaired) electrons. The monoisotopic (exact) mass is 365 g/mol. The first-order valence-electron chi connectivity index (χ1n) is 10.2. The number of para-hydroxylation sites is 1. The van der Waals surface area contributed by atoms with Crippen LogP contribution in [0.3, 0.4) is 0 Å². The fraction of sp³-hybridized carbons (Fsp3) is 0.591. The molecule has 1 aromatic carbocycles. The quantitative estimate of drug-likeness (QED) is 0.751. The van der Waals surface area contributed by atoms with E-state index in [4.69, 9.17) is 4.74 Å². The lowest BCUT2D eigenvalue weighted by Gasteiger charge is -2.70. The highest BCUT2D eigenvalue weighted by Gasteiger charge is 2.96. The minimum Gasteiger partial charge on any atom is -0.493 e. The lowest BCUT2D eigenvalue weighted by Crippen LogP contribution is -2.75. The van der Waals surface area contributed by atoms with E-state index in [0.717, 1.165) is 12.8 Å². The Morgan fingerprint density at radius 3 is 2.81 bits per heavy atom. The minimum absolute atomic E-state index is 0.0309. The first-order valence-corrected chi connectivity index (χ1v) is 10.2. The Morgan fingerprint density at radius 1 is 1.22 bits per heavy atom. The molecule has 6 saturated carbocycles. The lowest BCUT2D eigenvalue weighted by molar-refractivity contribution is -0.248. The van der Waals surface area contributed by atoms with Gasteiger partial charge in [-0.3, -0.25) is 14.4 Å². The van der Waals surface area contributed by atoms with Gasteiger partial charge in [0.2, 0.25) is 5.91 Å². The zero-order valence-corrected chi connectivity index (χ0v) is 15.3. The second-order valence-electron chi connectivity index (χ2n) is 8.98. The molecule has 1 N–H and O–H groups in total. The number of carbonyl (C=O) groups excluding carboxylic acids is 3. The summed E-state index contributed by atoms with van der Waals surface area (Å²) in [6.07, 6.45) is 2.02. The summed E-state index contributed by atoms with van der Waals surface area (Å²) < 4.78 is 5.66. The van der Waals surface area contributed by atoms with Gasteiger partial charge < -0.3 is 10.1 Å². The lowest BCUT2D eigenvalue weighted by atomic mass is 9.31. The van der Waals surface area contributed by atoms with Crippen molar-refractivity contribution >= 4 is 17.5 Å². The van der Waals surface area contributed by atoms with Crippen LogP contribution in [0, 0.1) is 46.8 Å². The van der Waals surface area contributed by atoms with Crippen LogP contribution in [0.4, 0.5) is 0 Å². The number of nitrogens with one attached hydrogen (secondary N) is 1. The van der Waals surface area contributed by atoms with Crippen LogP contribution >= 0.6 is 0 Å². The van der Waals surface area contributed by atoms with Crippen molar-refractivity contribution in [2.75, 3.05) is 13.2 Å². The average Bonchev–Trinajstić information content (AvgIpc) is 3.19. The normalized spacial score (nSPS) is 43.4. The number of hydrogen-bond acceptors (Lipinski definition) is 4. The predicted molar refractivity (Wildman–Crippen MR) is 96.1 cm³/mol. The molecule has 5 heteroatoms. The molecule has 6 aliphatic rings. The molecular formula is C22H23NO4. The zero-order chi connectivity index (χ0) is 18.5. The van der Waals surface area contributed by atoms with Crippen molar-refractivity contribution in [3.63, 3.8) is 0 Å². The second-order valence-corrected chi connectivity index (χ2v) is 8.98. The van der Waals surface area contributed by atoms with Gasteiger partial charge in [-0.05, 0) is 54.6 Å². The SMILES string of the molecule is CCCOc1ccccc1C(=O)CNC(=O)C12C3C(=O)C4C5CC(C41)C2C53. The van der Waals surface area contributed by atoms with Crippen molar-refractivity contribution in [1.82, 2.24) is 5.32 Å². The summed E-state index contributed by atoms with van der Waals surface area (Å²) in [5.74, 6) is 3.16. The molecule has 0 aliphatic heterocycles. The Bertz CT molecular complexity index is 894. The highest BCUT2D eigenvalue weighted by Crippen LogP contribution is 2.92. The van der Waals surface area contributed by atoms with Crippen LogP contribution in [-0.2, 0) is 9.59 Å². The third-order valence-corrected chi connectivity index (χ3v) is 8.31. The van der Waals surface area contributed by atoms with Gasteiger partial charge in [-0.15, -0.1) is 0 Å². The van der Waals surface area contributed by atoms with Crippen molar-refractivity contribution < 1.29 is 19.1 Å². The first-order chi connectivity index (χ1) is 13.1. The molecule has 1 amide bonds. The van der Waals surface area contributed by atoms with Gasteiger partial charge in [-0.1, -0.05) is 19.1 Å². The molecule has 8 atom stereocenters. The Kier molecular flexibility index (Phi) is 2.94. The van der Waals surface area contributed by atoms with Crippen LogP contribution in [0.2, 0.25) is 0 Å². The van der Waals surface area contributed by atoms with Crippen LogP contribution < -0.4 is 10.1 Å².